The van der Waals surface area contributed by atoms with Crippen molar-refractivity contribution >= 4 is 5.91 Å². The minimum Gasteiger partial charge on any atom is -0.486 e. The molecule has 0 spiro atoms. The Bertz CT molecular complexity index is 946. The van der Waals surface area contributed by atoms with Crippen molar-refractivity contribution in [3.8, 4) is 5.75 Å². The third-order valence-electron chi connectivity index (χ3n) is 4.67. The van der Waals surface area contributed by atoms with Gasteiger partial charge < -0.3 is 14.2 Å². The summed E-state index contributed by atoms with van der Waals surface area (Å²) in [6.45, 7) is 5.40. The van der Waals surface area contributed by atoms with E-state index in [2.05, 4.69) is 16.2 Å². The average molecular weight is 363 g/mol. The summed E-state index contributed by atoms with van der Waals surface area (Å²) in [5.74, 6) is 1.55. The van der Waals surface area contributed by atoms with E-state index in [-0.39, 0.29) is 12.5 Å². The summed E-state index contributed by atoms with van der Waals surface area (Å²) >= 11 is 0. The Kier molecular flexibility index (Phi) is 4.62. The molecule has 6 nitrogen and oxygen atoms in total. The molecule has 1 aromatic carbocycles. The number of carbonyl (C=O) groups excluding carboxylic acids is 1. The lowest BCUT2D eigenvalue weighted by Crippen LogP contribution is -2.36. The first kappa shape index (κ1) is 17.3. The Morgan fingerprint density at radius 3 is 2.81 bits per heavy atom. The van der Waals surface area contributed by atoms with Crippen LogP contribution in [0.1, 0.15) is 38.5 Å². The van der Waals surface area contributed by atoms with E-state index in [1.807, 2.05) is 43.0 Å². The molecular formula is C21H21N3O3. The zero-order valence-corrected chi connectivity index (χ0v) is 15.4. The first-order valence-corrected chi connectivity index (χ1v) is 8.97. The molecule has 0 aliphatic carbocycles. The Balaban J connectivity index is 1.50. The number of benzene rings is 1. The molecule has 3 aromatic rings. The number of hydrogen-bond donors (Lipinski definition) is 0. The van der Waals surface area contributed by atoms with Crippen LogP contribution in [0.5, 0.6) is 5.75 Å². The first-order valence-electron chi connectivity index (χ1n) is 8.97. The number of nitrogens with zero attached hydrogens (tertiary/aromatic N) is 3. The number of ether oxygens (including phenoxy) is 1. The van der Waals surface area contributed by atoms with Crippen molar-refractivity contribution in [2.45, 2.75) is 33.4 Å². The van der Waals surface area contributed by atoms with Crippen LogP contribution in [0, 0.1) is 13.8 Å². The summed E-state index contributed by atoms with van der Waals surface area (Å²) < 4.78 is 11.2. The Morgan fingerprint density at radius 1 is 1.26 bits per heavy atom. The number of hydrogen-bond acceptors (Lipinski definition) is 5. The van der Waals surface area contributed by atoms with Gasteiger partial charge in [0.25, 0.3) is 5.91 Å². The van der Waals surface area contributed by atoms with Gasteiger partial charge in [0, 0.05) is 30.3 Å². The molecule has 0 bridgehead atoms. The summed E-state index contributed by atoms with van der Waals surface area (Å²) in [4.78, 5) is 18.8. The molecule has 1 aliphatic heterocycles. The van der Waals surface area contributed by atoms with Gasteiger partial charge in [-0.15, -0.1) is 0 Å². The molecule has 0 fully saturated rings. The van der Waals surface area contributed by atoms with Crippen LogP contribution >= 0.6 is 0 Å². The van der Waals surface area contributed by atoms with Crippen molar-refractivity contribution in [1.29, 1.82) is 0 Å². The molecule has 138 valence electrons. The predicted molar refractivity (Wildman–Crippen MR) is 99.4 cm³/mol. The molecule has 1 amide bonds. The molecule has 1 aliphatic rings. The SMILES string of the molecule is Cc1cc(C)cc(C(=O)N2CCc3onc(COc4cccnc4)c3C2)c1. The van der Waals surface area contributed by atoms with Crippen molar-refractivity contribution in [3.05, 3.63) is 76.4 Å². The van der Waals surface area contributed by atoms with Crippen molar-refractivity contribution in [3.63, 3.8) is 0 Å². The second-order valence-corrected chi connectivity index (χ2v) is 6.86. The highest BCUT2D eigenvalue weighted by molar-refractivity contribution is 5.94. The molecule has 0 unspecified atom stereocenters. The minimum absolute atomic E-state index is 0.0350. The summed E-state index contributed by atoms with van der Waals surface area (Å²) in [6.07, 6.45) is 4.01. The second kappa shape index (κ2) is 7.23. The maximum atomic E-state index is 13.0. The van der Waals surface area contributed by atoms with Crippen molar-refractivity contribution < 1.29 is 14.1 Å². The Labute approximate surface area is 157 Å². The smallest absolute Gasteiger partial charge is 0.254 e. The molecule has 3 heterocycles. The summed E-state index contributed by atoms with van der Waals surface area (Å²) in [6, 6.07) is 9.60. The van der Waals surface area contributed by atoms with Crippen LogP contribution in [-0.4, -0.2) is 27.5 Å². The molecule has 4 rings (SSSR count). The van der Waals surface area contributed by atoms with Crippen molar-refractivity contribution in [2.24, 2.45) is 0 Å². The monoisotopic (exact) mass is 363 g/mol. The first-order chi connectivity index (χ1) is 13.1. The fourth-order valence-electron chi connectivity index (χ4n) is 3.42. The molecule has 0 saturated carbocycles. The number of amides is 1. The Morgan fingerprint density at radius 2 is 2.07 bits per heavy atom. The number of aromatic nitrogens is 2. The van der Waals surface area contributed by atoms with E-state index >= 15 is 0 Å². The maximum absolute atomic E-state index is 13.0. The van der Waals surface area contributed by atoms with Gasteiger partial charge in [-0.05, 0) is 38.1 Å². The van der Waals surface area contributed by atoms with E-state index in [4.69, 9.17) is 9.26 Å². The van der Waals surface area contributed by atoms with Gasteiger partial charge >= 0.3 is 0 Å². The molecule has 2 aromatic heterocycles. The van der Waals surface area contributed by atoms with Crippen LogP contribution in [0.2, 0.25) is 0 Å². The lowest BCUT2D eigenvalue weighted by Gasteiger charge is -2.26. The molecule has 27 heavy (non-hydrogen) atoms. The highest BCUT2D eigenvalue weighted by Crippen LogP contribution is 2.25. The zero-order valence-electron chi connectivity index (χ0n) is 15.4. The highest BCUT2D eigenvalue weighted by atomic mass is 16.5. The van der Waals surface area contributed by atoms with Crippen LogP contribution in [0.15, 0.2) is 47.2 Å². The zero-order chi connectivity index (χ0) is 18.8. The van der Waals surface area contributed by atoms with Gasteiger partial charge in [0.05, 0.1) is 12.7 Å². The number of fused-ring (bicyclic) bond motifs is 1. The van der Waals surface area contributed by atoms with E-state index in [9.17, 15) is 4.79 Å². The fourth-order valence-corrected chi connectivity index (χ4v) is 3.42. The molecule has 0 atom stereocenters. The van der Waals surface area contributed by atoms with E-state index < -0.39 is 0 Å². The average Bonchev–Trinajstić information content (AvgIpc) is 3.08. The van der Waals surface area contributed by atoms with Crippen LogP contribution in [0.4, 0.5) is 0 Å². The fraction of sp³-hybridized carbons (Fsp3) is 0.286. The number of aryl methyl sites for hydroxylation is 2. The summed E-state index contributed by atoms with van der Waals surface area (Å²) in [5, 5.41) is 4.15. The second-order valence-electron chi connectivity index (χ2n) is 6.86. The van der Waals surface area contributed by atoms with E-state index in [1.54, 1.807) is 12.4 Å². The molecule has 0 radical (unpaired) electrons. The largest absolute Gasteiger partial charge is 0.486 e. The van der Waals surface area contributed by atoms with Crippen molar-refractivity contribution in [1.82, 2.24) is 15.0 Å². The standard InChI is InChI=1S/C21H21N3O3/c1-14-8-15(2)10-16(9-14)21(25)24-7-5-20-18(12-24)19(23-27-20)13-26-17-4-3-6-22-11-17/h3-4,6,8-11H,5,7,12-13H2,1-2H3. The van der Waals surface area contributed by atoms with Gasteiger partial charge in [-0.2, -0.15) is 0 Å². The van der Waals surface area contributed by atoms with Crippen LogP contribution < -0.4 is 4.74 Å². The molecule has 0 N–H and O–H groups in total. The lowest BCUT2D eigenvalue weighted by molar-refractivity contribution is 0.0728. The lowest BCUT2D eigenvalue weighted by atomic mass is 10.0. The Hall–Kier alpha value is -3.15. The third-order valence-corrected chi connectivity index (χ3v) is 4.67. The van der Waals surface area contributed by atoms with Crippen molar-refractivity contribution in [2.75, 3.05) is 6.54 Å². The van der Waals surface area contributed by atoms with Gasteiger partial charge in [-0.1, -0.05) is 22.3 Å². The van der Waals surface area contributed by atoms with E-state index in [0.717, 1.165) is 33.7 Å². The van der Waals surface area contributed by atoms with Gasteiger partial charge in [0.15, 0.2) is 0 Å². The summed E-state index contributed by atoms with van der Waals surface area (Å²) in [5.41, 5.74) is 4.58. The summed E-state index contributed by atoms with van der Waals surface area (Å²) in [7, 11) is 0. The quantitative estimate of drug-likeness (QED) is 0.710. The molecule has 6 heteroatoms. The maximum Gasteiger partial charge on any atom is 0.254 e. The minimum atomic E-state index is 0.0350. The number of pyridine rings is 1. The third kappa shape index (κ3) is 3.69. The molecule has 0 saturated heterocycles. The van der Waals surface area contributed by atoms with Gasteiger partial charge in [-0.25, -0.2) is 0 Å². The number of carbonyl (C=O) groups is 1. The van der Waals surface area contributed by atoms with Gasteiger partial charge in [0.2, 0.25) is 0 Å². The normalized spacial score (nSPS) is 13.3. The van der Waals surface area contributed by atoms with Crippen LogP contribution in [0.25, 0.3) is 0 Å². The van der Waals surface area contributed by atoms with Gasteiger partial charge in [-0.3, -0.25) is 9.78 Å². The van der Waals surface area contributed by atoms with Gasteiger partial charge in [0.1, 0.15) is 23.8 Å². The number of rotatable bonds is 4. The van der Waals surface area contributed by atoms with Crippen LogP contribution in [0.3, 0.4) is 0 Å². The van der Waals surface area contributed by atoms with E-state index in [1.165, 1.54) is 0 Å². The highest BCUT2D eigenvalue weighted by Gasteiger charge is 2.28. The predicted octanol–water partition coefficient (Wildman–Crippen LogP) is 3.46. The van der Waals surface area contributed by atoms with E-state index in [0.29, 0.717) is 25.3 Å². The topological polar surface area (TPSA) is 68.5 Å². The molecular weight excluding hydrogens is 342 g/mol. The van der Waals surface area contributed by atoms with Crippen LogP contribution in [-0.2, 0) is 19.6 Å².